The van der Waals surface area contributed by atoms with Gasteiger partial charge >= 0.3 is 11.9 Å². The van der Waals surface area contributed by atoms with E-state index >= 15 is 0 Å². The van der Waals surface area contributed by atoms with Gasteiger partial charge in [0.25, 0.3) is 0 Å². The summed E-state index contributed by atoms with van der Waals surface area (Å²) in [6.45, 7) is 7.03. The average molecular weight is 757 g/mol. The number of aliphatic hydroxyl groups is 1. The van der Waals surface area contributed by atoms with E-state index in [2.05, 4.69) is 62.5 Å². The van der Waals surface area contributed by atoms with Crippen LogP contribution in [0.4, 0.5) is 0 Å². The Kier molecular flexibility index (Phi) is 34.0. The molecule has 8 nitrogen and oxygen atoms in total. The van der Waals surface area contributed by atoms with Gasteiger partial charge in [-0.05, 0) is 77.0 Å². The Balaban J connectivity index is 2.18. The Hall–Kier alpha value is -2.71. The Morgan fingerprint density at radius 3 is 1.37 bits per heavy atom. The topological polar surface area (TPSA) is 96.4 Å². The Labute approximate surface area is 330 Å². The number of allylic oxidation sites excluding steroid dienone is 8. The summed E-state index contributed by atoms with van der Waals surface area (Å²) >= 11 is 0. The largest absolute Gasteiger partial charge is 0.464 e. The molecule has 1 amide bonds. The van der Waals surface area contributed by atoms with Gasteiger partial charge in [0.2, 0.25) is 5.91 Å². The molecule has 0 saturated carbocycles. The lowest BCUT2D eigenvalue weighted by Crippen LogP contribution is -2.53. The monoisotopic (exact) mass is 757 g/mol. The van der Waals surface area contributed by atoms with E-state index in [0.29, 0.717) is 25.9 Å². The first-order valence-corrected chi connectivity index (χ1v) is 22.0. The highest BCUT2D eigenvalue weighted by atomic mass is 16.5. The summed E-state index contributed by atoms with van der Waals surface area (Å²) < 4.78 is 11.0. The van der Waals surface area contributed by atoms with Crippen molar-refractivity contribution < 1.29 is 29.0 Å². The van der Waals surface area contributed by atoms with Crippen LogP contribution in [0.5, 0.6) is 0 Å². The van der Waals surface area contributed by atoms with E-state index in [1.807, 2.05) is 4.90 Å². The fourth-order valence-electron chi connectivity index (χ4n) is 6.42. The van der Waals surface area contributed by atoms with Crippen LogP contribution in [-0.2, 0) is 23.9 Å². The summed E-state index contributed by atoms with van der Waals surface area (Å²) in [4.78, 5) is 41.4. The van der Waals surface area contributed by atoms with Crippen molar-refractivity contribution in [3.63, 3.8) is 0 Å². The summed E-state index contributed by atoms with van der Waals surface area (Å²) in [6.07, 6.45) is 43.9. The molecule has 1 heterocycles. The first kappa shape index (κ1) is 49.3. The van der Waals surface area contributed by atoms with Gasteiger partial charge in [-0.1, -0.05) is 127 Å². The first-order chi connectivity index (χ1) is 26.5. The number of rotatable bonds is 37. The lowest BCUT2D eigenvalue weighted by Gasteiger charge is -2.38. The number of carbonyl (C=O) groups is 3. The molecule has 1 aliphatic rings. The van der Waals surface area contributed by atoms with Crippen molar-refractivity contribution in [3.05, 3.63) is 48.6 Å². The molecule has 1 N–H and O–H groups in total. The second-order valence-electron chi connectivity index (χ2n) is 15.0. The second kappa shape index (κ2) is 37.2. The molecule has 0 aliphatic carbocycles. The highest BCUT2D eigenvalue weighted by Crippen LogP contribution is 2.15. The zero-order chi connectivity index (χ0) is 39.2. The maximum Gasteiger partial charge on any atom is 0.305 e. The number of likely N-dealkylation sites (tertiary alicyclic amines) is 1. The van der Waals surface area contributed by atoms with Crippen LogP contribution >= 0.6 is 0 Å². The Bertz CT molecular complexity index is 968. The number of nitrogens with zero attached hydrogens (tertiary/aromatic N) is 2. The van der Waals surface area contributed by atoms with Crippen LogP contribution in [0.1, 0.15) is 168 Å². The number of esters is 2. The molecule has 0 aromatic rings. The van der Waals surface area contributed by atoms with E-state index in [1.54, 1.807) is 4.90 Å². The number of hydrogen-bond donors (Lipinski definition) is 1. The number of hydrogen-bond acceptors (Lipinski definition) is 7. The van der Waals surface area contributed by atoms with Crippen molar-refractivity contribution >= 4 is 17.8 Å². The number of carbonyl (C=O) groups excluding carboxylic acids is 3. The third-order valence-electron chi connectivity index (χ3n) is 9.91. The maximum atomic E-state index is 13.1. The van der Waals surface area contributed by atoms with Crippen LogP contribution in [0.2, 0.25) is 0 Å². The minimum absolute atomic E-state index is 0.0825. The quantitative estimate of drug-likeness (QED) is 0.0383. The fourth-order valence-corrected chi connectivity index (χ4v) is 6.42. The SMILES string of the molecule is CCCCC/C=C\C/C=C\CCCCCCCC(=O)OCCN(CCOC(=O)CCCCCCC/C=C\C/C=C\CCCCC)C(=O)CN1CC(CO)C1. The van der Waals surface area contributed by atoms with E-state index in [0.717, 1.165) is 64.2 Å². The number of ether oxygens (including phenoxy) is 2. The van der Waals surface area contributed by atoms with Crippen molar-refractivity contribution in [1.82, 2.24) is 9.80 Å². The second-order valence-corrected chi connectivity index (χ2v) is 15.0. The van der Waals surface area contributed by atoms with Gasteiger partial charge in [0.15, 0.2) is 0 Å². The molecule has 8 heteroatoms. The van der Waals surface area contributed by atoms with Crippen molar-refractivity contribution in [2.75, 3.05) is 52.5 Å². The zero-order valence-corrected chi connectivity index (χ0v) is 34.7. The minimum Gasteiger partial charge on any atom is -0.464 e. The molecule has 0 aromatic heterocycles. The molecule has 310 valence electrons. The molecule has 1 fully saturated rings. The number of unbranched alkanes of at least 4 members (excludes halogenated alkanes) is 16. The van der Waals surface area contributed by atoms with Crippen molar-refractivity contribution in [3.8, 4) is 0 Å². The molecule has 0 spiro atoms. The smallest absolute Gasteiger partial charge is 0.305 e. The molecule has 0 bridgehead atoms. The third-order valence-corrected chi connectivity index (χ3v) is 9.91. The predicted molar refractivity (Wildman–Crippen MR) is 224 cm³/mol. The van der Waals surface area contributed by atoms with Crippen LogP contribution in [-0.4, -0.2) is 85.3 Å². The maximum absolute atomic E-state index is 13.1. The van der Waals surface area contributed by atoms with Crippen molar-refractivity contribution in [1.29, 1.82) is 0 Å². The summed E-state index contributed by atoms with van der Waals surface area (Å²) in [7, 11) is 0. The van der Waals surface area contributed by atoms with Crippen molar-refractivity contribution in [2.24, 2.45) is 5.92 Å². The van der Waals surface area contributed by atoms with Crippen LogP contribution < -0.4 is 0 Å². The van der Waals surface area contributed by atoms with Gasteiger partial charge < -0.3 is 19.5 Å². The normalized spacial score (nSPS) is 13.8. The molecule has 54 heavy (non-hydrogen) atoms. The lowest BCUT2D eigenvalue weighted by atomic mass is 10.0. The summed E-state index contributed by atoms with van der Waals surface area (Å²) in [5.74, 6) is -0.326. The van der Waals surface area contributed by atoms with E-state index in [1.165, 1.54) is 77.0 Å². The van der Waals surface area contributed by atoms with Crippen LogP contribution in [0.15, 0.2) is 48.6 Å². The Morgan fingerprint density at radius 1 is 0.574 bits per heavy atom. The molecule has 0 unspecified atom stereocenters. The van der Waals surface area contributed by atoms with Crippen LogP contribution in [0.25, 0.3) is 0 Å². The predicted octanol–water partition coefficient (Wildman–Crippen LogP) is 10.5. The average Bonchev–Trinajstić information content (AvgIpc) is 3.15. The summed E-state index contributed by atoms with van der Waals surface area (Å²) in [5.41, 5.74) is 0. The number of aliphatic hydroxyl groups excluding tert-OH is 1. The highest BCUT2D eigenvalue weighted by Gasteiger charge is 2.29. The van der Waals surface area contributed by atoms with Gasteiger partial charge in [-0.15, -0.1) is 0 Å². The minimum atomic E-state index is -0.231. The molecular formula is C46H80N2O6. The molecule has 1 aliphatic heterocycles. The van der Waals surface area contributed by atoms with Crippen LogP contribution in [0, 0.1) is 5.92 Å². The molecular weight excluding hydrogens is 677 g/mol. The molecule has 1 rings (SSSR count). The van der Waals surface area contributed by atoms with Crippen LogP contribution in [0.3, 0.4) is 0 Å². The molecule has 1 saturated heterocycles. The summed E-state index contributed by atoms with van der Waals surface area (Å²) in [6, 6.07) is 0. The lowest BCUT2D eigenvalue weighted by molar-refractivity contribution is -0.148. The van der Waals surface area contributed by atoms with Gasteiger partial charge in [-0.3, -0.25) is 19.3 Å². The van der Waals surface area contributed by atoms with Gasteiger partial charge in [-0.25, -0.2) is 0 Å². The highest BCUT2D eigenvalue weighted by molar-refractivity contribution is 5.78. The van der Waals surface area contributed by atoms with Crippen molar-refractivity contribution in [2.45, 2.75) is 168 Å². The standard InChI is InChI=1S/C46H80N2O6/c1-3-5-7-9-11-13-15-17-19-21-23-25-27-29-31-33-45(51)53-37-35-48(44(50)41-47-39-43(40-47)42-49)36-38-54-46(52)34-32-30-28-26-24-22-20-18-16-14-12-10-8-6-4-2/h11-14,17-20,43,49H,3-10,15-16,21-42H2,1-2H3/b13-11-,14-12-,19-17-,20-18-. The van der Waals surface area contributed by atoms with Gasteiger partial charge in [0, 0.05) is 38.5 Å². The van der Waals surface area contributed by atoms with Gasteiger partial charge in [-0.2, -0.15) is 0 Å². The number of amides is 1. The fraction of sp³-hybridized carbons (Fsp3) is 0.761. The third kappa shape index (κ3) is 30.6. The van der Waals surface area contributed by atoms with E-state index in [4.69, 9.17) is 9.47 Å². The molecule has 0 aromatic carbocycles. The van der Waals surface area contributed by atoms with E-state index < -0.39 is 0 Å². The van der Waals surface area contributed by atoms with E-state index in [-0.39, 0.29) is 63.2 Å². The molecule has 0 radical (unpaired) electrons. The van der Waals surface area contributed by atoms with Gasteiger partial charge in [0.05, 0.1) is 19.6 Å². The zero-order valence-electron chi connectivity index (χ0n) is 34.7. The van der Waals surface area contributed by atoms with E-state index in [9.17, 15) is 19.5 Å². The molecule has 0 atom stereocenters. The Morgan fingerprint density at radius 2 is 0.963 bits per heavy atom. The van der Waals surface area contributed by atoms with Gasteiger partial charge in [0.1, 0.15) is 13.2 Å². The first-order valence-electron chi connectivity index (χ1n) is 22.0. The summed E-state index contributed by atoms with van der Waals surface area (Å²) in [5, 5.41) is 9.32.